The van der Waals surface area contributed by atoms with Crippen molar-refractivity contribution in [2.24, 2.45) is 0 Å². The van der Waals surface area contributed by atoms with Crippen LogP contribution >= 0.6 is 15.9 Å². The van der Waals surface area contributed by atoms with E-state index in [1.807, 2.05) is 0 Å². The first-order valence-electron chi connectivity index (χ1n) is 4.38. The maximum atomic E-state index is 11.7. The van der Waals surface area contributed by atoms with Gasteiger partial charge in [0.2, 0.25) is 0 Å². The summed E-state index contributed by atoms with van der Waals surface area (Å²) in [5, 5.41) is 0. The Bertz CT molecular complexity index is 508. The van der Waals surface area contributed by atoms with Crippen LogP contribution in [-0.2, 0) is 9.84 Å². The lowest BCUT2D eigenvalue weighted by atomic mass is 10.1. The molecule has 1 rings (SSSR count). The summed E-state index contributed by atoms with van der Waals surface area (Å²) in [4.78, 5) is 11.7. The topological polar surface area (TPSA) is 60.4 Å². The van der Waals surface area contributed by atoms with E-state index in [1.54, 1.807) is 12.1 Å². The third kappa shape index (κ3) is 3.61. The van der Waals surface area contributed by atoms with Crippen LogP contribution in [0.15, 0.2) is 22.7 Å². The first kappa shape index (κ1) is 13.2. The molecule has 6 heteroatoms. The molecule has 0 aliphatic carbocycles. The van der Waals surface area contributed by atoms with Crippen LogP contribution in [0.1, 0.15) is 10.4 Å². The van der Waals surface area contributed by atoms with Crippen LogP contribution < -0.4 is 4.74 Å². The van der Waals surface area contributed by atoms with Crippen LogP contribution in [0.4, 0.5) is 0 Å². The van der Waals surface area contributed by atoms with E-state index in [1.165, 1.54) is 13.2 Å². The molecule has 0 aliphatic heterocycles. The Morgan fingerprint density at radius 1 is 1.44 bits per heavy atom. The third-order valence-electron chi connectivity index (χ3n) is 1.86. The number of ketones is 1. The second kappa shape index (κ2) is 4.97. The smallest absolute Gasteiger partial charge is 0.181 e. The van der Waals surface area contributed by atoms with Gasteiger partial charge in [-0.15, -0.1) is 0 Å². The summed E-state index contributed by atoms with van der Waals surface area (Å²) in [7, 11) is -1.89. The van der Waals surface area contributed by atoms with Crippen LogP contribution in [0, 0.1) is 0 Å². The summed E-state index contributed by atoms with van der Waals surface area (Å²) in [5.74, 6) is -0.611. The van der Waals surface area contributed by atoms with Gasteiger partial charge in [-0.05, 0) is 18.2 Å². The lowest BCUT2D eigenvalue weighted by molar-refractivity contribution is 0.101. The highest BCUT2D eigenvalue weighted by Crippen LogP contribution is 2.24. The van der Waals surface area contributed by atoms with Gasteiger partial charge in [0.15, 0.2) is 15.6 Å². The summed E-state index contributed by atoms with van der Waals surface area (Å²) in [6.07, 6.45) is 1.02. The number of hydrogen-bond donors (Lipinski definition) is 0. The number of hydrogen-bond acceptors (Lipinski definition) is 4. The number of benzene rings is 1. The van der Waals surface area contributed by atoms with Crippen molar-refractivity contribution in [1.82, 2.24) is 0 Å². The third-order valence-corrected chi connectivity index (χ3v) is 3.14. The van der Waals surface area contributed by atoms with Crippen molar-refractivity contribution in [3.8, 4) is 5.75 Å². The number of methoxy groups -OCH3 is 1. The van der Waals surface area contributed by atoms with E-state index < -0.39 is 21.4 Å². The van der Waals surface area contributed by atoms with Crippen LogP contribution in [0.2, 0.25) is 0 Å². The van der Waals surface area contributed by atoms with Gasteiger partial charge in [0.25, 0.3) is 0 Å². The molecule has 1 aromatic carbocycles. The highest BCUT2D eigenvalue weighted by molar-refractivity contribution is 9.10. The Hall–Kier alpha value is -0.880. The maximum absolute atomic E-state index is 11.7. The zero-order valence-corrected chi connectivity index (χ0v) is 11.3. The molecule has 0 radical (unpaired) electrons. The fourth-order valence-electron chi connectivity index (χ4n) is 1.21. The minimum absolute atomic E-state index is 0.274. The summed E-state index contributed by atoms with van der Waals surface area (Å²) in [6.45, 7) is 0. The predicted octanol–water partition coefficient (Wildman–Crippen LogP) is 1.68. The van der Waals surface area contributed by atoms with Gasteiger partial charge < -0.3 is 4.74 Å². The van der Waals surface area contributed by atoms with E-state index in [4.69, 9.17) is 4.74 Å². The number of carbonyl (C=O) groups excluding carboxylic acids is 1. The van der Waals surface area contributed by atoms with E-state index in [9.17, 15) is 13.2 Å². The zero-order chi connectivity index (χ0) is 12.3. The van der Waals surface area contributed by atoms with Crippen molar-refractivity contribution in [2.45, 2.75) is 0 Å². The van der Waals surface area contributed by atoms with Crippen molar-refractivity contribution in [1.29, 1.82) is 0 Å². The first-order chi connectivity index (χ1) is 7.33. The molecule has 0 bridgehead atoms. The van der Waals surface area contributed by atoms with Crippen molar-refractivity contribution in [3.63, 3.8) is 0 Å². The molecule has 0 heterocycles. The first-order valence-corrected chi connectivity index (χ1v) is 7.23. The summed E-state index contributed by atoms with van der Waals surface area (Å²) >= 11 is 3.24. The minimum Gasteiger partial charge on any atom is -0.496 e. The number of halogens is 1. The average Bonchev–Trinajstić information content (AvgIpc) is 2.14. The van der Waals surface area contributed by atoms with Crippen molar-refractivity contribution in [2.75, 3.05) is 19.1 Å². The molecular formula is C10H11BrO4S. The Balaban J connectivity index is 3.09. The number of carbonyl (C=O) groups is 1. The lowest BCUT2D eigenvalue weighted by Gasteiger charge is -2.07. The molecule has 88 valence electrons. The minimum atomic E-state index is -3.32. The molecule has 0 aromatic heterocycles. The number of rotatable bonds is 4. The molecule has 0 saturated carbocycles. The summed E-state index contributed by atoms with van der Waals surface area (Å²) in [6, 6.07) is 4.82. The molecule has 4 nitrogen and oxygen atoms in total. The summed E-state index contributed by atoms with van der Waals surface area (Å²) in [5.41, 5.74) is 0.274. The molecule has 0 N–H and O–H groups in total. The Kier molecular flexibility index (Phi) is 4.09. The standard InChI is InChI=1S/C10H11BrO4S/c1-15-10-5-7(11)3-4-8(10)9(12)6-16(2,13)14/h3-5H,6H2,1-2H3. The highest BCUT2D eigenvalue weighted by atomic mass is 79.9. The molecule has 0 unspecified atom stereocenters. The van der Waals surface area contributed by atoms with Crippen molar-refractivity contribution >= 4 is 31.6 Å². The lowest BCUT2D eigenvalue weighted by Crippen LogP contribution is -2.15. The van der Waals surface area contributed by atoms with E-state index >= 15 is 0 Å². The van der Waals surface area contributed by atoms with E-state index in [-0.39, 0.29) is 5.56 Å². The highest BCUT2D eigenvalue weighted by Gasteiger charge is 2.17. The van der Waals surface area contributed by atoms with Gasteiger partial charge in [-0.25, -0.2) is 8.42 Å². The molecule has 0 fully saturated rings. The molecule has 0 atom stereocenters. The Morgan fingerprint density at radius 3 is 2.56 bits per heavy atom. The van der Waals surface area contributed by atoms with E-state index in [0.717, 1.165) is 10.7 Å². The fourth-order valence-corrected chi connectivity index (χ4v) is 2.18. The molecule has 0 spiro atoms. The van der Waals surface area contributed by atoms with E-state index in [0.29, 0.717) is 5.75 Å². The van der Waals surface area contributed by atoms with Gasteiger partial charge in [0, 0.05) is 10.7 Å². The van der Waals surface area contributed by atoms with Crippen molar-refractivity contribution in [3.05, 3.63) is 28.2 Å². The average molecular weight is 307 g/mol. The summed E-state index contributed by atoms with van der Waals surface area (Å²) < 4.78 is 27.8. The molecule has 16 heavy (non-hydrogen) atoms. The molecule has 1 aromatic rings. The van der Waals surface area contributed by atoms with Crippen molar-refractivity contribution < 1.29 is 17.9 Å². The SMILES string of the molecule is COc1cc(Br)ccc1C(=O)CS(C)(=O)=O. The Labute approximate surface area is 103 Å². The number of sulfone groups is 1. The molecule has 0 saturated heterocycles. The molecular weight excluding hydrogens is 296 g/mol. The number of Topliss-reactive ketones (excluding diaryl/α,β-unsaturated/α-hetero) is 1. The maximum Gasteiger partial charge on any atom is 0.181 e. The van der Waals surface area contributed by atoms with E-state index in [2.05, 4.69) is 15.9 Å². The second-order valence-electron chi connectivity index (χ2n) is 3.34. The van der Waals surface area contributed by atoms with Gasteiger partial charge in [-0.1, -0.05) is 15.9 Å². The van der Waals surface area contributed by atoms with Gasteiger partial charge in [-0.2, -0.15) is 0 Å². The quantitative estimate of drug-likeness (QED) is 0.794. The predicted molar refractivity (Wildman–Crippen MR) is 64.7 cm³/mol. The number of ether oxygens (including phenoxy) is 1. The molecule has 0 aliphatic rings. The largest absolute Gasteiger partial charge is 0.496 e. The molecule has 0 amide bonds. The van der Waals surface area contributed by atoms with Gasteiger partial charge in [0.05, 0.1) is 12.7 Å². The van der Waals surface area contributed by atoms with Gasteiger partial charge in [-0.3, -0.25) is 4.79 Å². The second-order valence-corrected chi connectivity index (χ2v) is 6.39. The van der Waals surface area contributed by atoms with Crippen LogP contribution in [0.5, 0.6) is 5.75 Å². The van der Waals surface area contributed by atoms with Crippen LogP contribution in [0.25, 0.3) is 0 Å². The Morgan fingerprint density at radius 2 is 2.06 bits per heavy atom. The van der Waals surface area contributed by atoms with Crippen LogP contribution in [-0.4, -0.2) is 33.3 Å². The normalized spacial score (nSPS) is 11.2. The zero-order valence-electron chi connectivity index (χ0n) is 8.86. The fraction of sp³-hybridized carbons (Fsp3) is 0.300. The van der Waals surface area contributed by atoms with Gasteiger partial charge in [0.1, 0.15) is 11.5 Å². The monoisotopic (exact) mass is 306 g/mol. The van der Waals surface area contributed by atoms with Gasteiger partial charge >= 0.3 is 0 Å². The van der Waals surface area contributed by atoms with Crippen LogP contribution in [0.3, 0.4) is 0 Å².